The minimum absolute atomic E-state index is 0.292. The molecule has 2 heterocycles. The van der Waals surface area contributed by atoms with Gasteiger partial charge in [0.1, 0.15) is 11.2 Å². The Morgan fingerprint density at radius 1 is 1.42 bits per heavy atom. The molecule has 2 aliphatic rings. The summed E-state index contributed by atoms with van der Waals surface area (Å²) in [5.41, 5.74) is 2.82. The van der Waals surface area contributed by atoms with Gasteiger partial charge in [0, 0.05) is 12.7 Å². The fourth-order valence-electron chi connectivity index (χ4n) is 3.12. The molecule has 19 heavy (non-hydrogen) atoms. The lowest BCUT2D eigenvalue weighted by Crippen LogP contribution is -2.37. The van der Waals surface area contributed by atoms with E-state index in [0.717, 1.165) is 31.0 Å². The van der Waals surface area contributed by atoms with Crippen LogP contribution in [0.5, 0.6) is 0 Å². The summed E-state index contributed by atoms with van der Waals surface area (Å²) in [5.74, 6) is 1.44. The van der Waals surface area contributed by atoms with E-state index >= 15 is 0 Å². The molecule has 98 valence electrons. The Balaban J connectivity index is 1.90. The second kappa shape index (κ2) is 5.32. The molecular formula is C15H16ClN3. The number of allylic oxidation sites excluding steroid dienone is 1. The number of nitrogens with one attached hydrogen (secondary N) is 1. The zero-order valence-electron chi connectivity index (χ0n) is 10.7. The Hall–Kier alpha value is -1.37. The normalized spacial score (nSPS) is 26.2. The van der Waals surface area contributed by atoms with E-state index in [1.165, 1.54) is 18.4 Å². The van der Waals surface area contributed by atoms with E-state index in [-0.39, 0.29) is 0 Å². The molecule has 0 bridgehead atoms. The highest BCUT2D eigenvalue weighted by atomic mass is 35.5. The van der Waals surface area contributed by atoms with Crippen molar-refractivity contribution in [1.82, 2.24) is 10.3 Å². The van der Waals surface area contributed by atoms with Gasteiger partial charge in [-0.05, 0) is 54.8 Å². The predicted molar refractivity (Wildman–Crippen MR) is 75.6 cm³/mol. The standard InChI is InChI=1S/C15H16ClN3/c16-15-12(7-17)6-14(9-19-15)11-2-1-10-3-4-18-8-13(10)5-11/h5-6,9-10,13,18H,1-4,8H2/t10-,13+/m0/s1. The third-order valence-corrected chi connectivity index (χ3v) is 4.51. The second-order valence-electron chi connectivity index (χ2n) is 5.32. The first kappa shape index (κ1) is 12.7. The van der Waals surface area contributed by atoms with E-state index in [2.05, 4.69) is 22.4 Å². The van der Waals surface area contributed by atoms with Crippen molar-refractivity contribution in [2.75, 3.05) is 13.1 Å². The second-order valence-corrected chi connectivity index (χ2v) is 5.68. The quantitative estimate of drug-likeness (QED) is 0.800. The zero-order chi connectivity index (χ0) is 13.2. The minimum Gasteiger partial charge on any atom is -0.316 e. The lowest BCUT2D eigenvalue weighted by Gasteiger charge is -2.34. The highest BCUT2D eigenvalue weighted by Gasteiger charge is 2.27. The molecule has 3 rings (SSSR count). The molecule has 1 aromatic heterocycles. The highest BCUT2D eigenvalue weighted by Crippen LogP contribution is 2.36. The van der Waals surface area contributed by atoms with Crippen LogP contribution in [0.1, 0.15) is 30.4 Å². The van der Waals surface area contributed by atoms with E-state index in [1.807, 2.05) is 6.07 Å². The number of rotatable bonds is 1. The van der Waals surface area contributed by atoms with Crippen molar-refractivity contribution >= 4 is 17.2 Å². The number of piperidine rings is 1. The lowest BCUT2D eigenvalue weighted by atomic mass is 9.76. The molecule has 1 aliphatic carbocycles. The van der Waals surface area contributed by atoms with Crippen LogP contribution >= 0.6 is 11.6 Å². The fraction of sp³-hybridized carbons (Fsp3) is 0.467. The molecule has 1 N–H and O–H groups in total. The zero-order valence-corrected chi connectivity index (χ0v) is 11.5. The van der Waals surface area contributed by atoms with E-state index < -0.39 is 0 Å². The van der Waals surface area contributed by atoms with Gasteiger partial charge in [0.15, 0.2) is 0 Å². The number of aromatic nitrogens is 1. The molecular weight excluding hydrogens is 258 g/mol. The van der Waals surface area contributed by atoms with Crippen molar-refractivity contribution in [2.45, 2.75) is 19.3 Å². The third kappa shape index (κ3) is 2.51. The average Bonchev–Trinajstić information content (AvgIpc) is 2.47. The summed E-state index contributed by atoms with van der Waals surface area (Å²) in [5, 5.41) is 12.8. The SMILES string of the molecule is N#Cc1cc(C2=C[C@@H]3CNCC[C@@H]3CC2)cnc1Cl. The van der Waals surface area contributed by atoms with Crippen LogP contribution in [-0.4, -0.2) is 18.1 Å². The average molecular weight is 274 g/mol. The molecule has 1 aliphatic heterocycles. The summed E-state index contributed by atoms with van der Waals surface area (Å²) >= 11 is 5.88. The fourth-order valence-corrected chi connectivity index (χ4v) is 3.26. The van der Waals surface area contributed by atoms with Gasteiger partial charge in [-0.3, -0.25) is 0 Å². The Morgan fingerprint density at radius 2 is 2.32 bits per heavy atom. The van der Waals surface area contributed by atoms with Gasteiger partial charge < -0.3 is 5.32 Å². The largest absolute Gasteiger partial charge is 0.316 e. The van der Waals surface area contributed by atoms with Gasteiger partial charge in [-0.25, -0.2) is 4.98 Å². The topological polar surface area (TPSA) is 48.7 Å². The predicted octanol–water partition coefficient (Wildman–Crippen LogP) is 3.01. The Kier molecular flexibility index (Phi) is 3.54. The summed E-state index contributed by atoms with van der Waals surface area (Å²) in [6.45, 7) is 2.21. The Morgan fingerprint density at radius 3 is 3.16 bits per heavy atom. The maximum atomic E-state index is 9.02. The molecule has 3 nitrogen and oxygen atoms in total. The van der Waals surface area contributed by atoms with Gasteiger partial charge >= 0.3 is 0 Å². The molecule has 0 aromatic carbocycles. The van der Waals surface area contributed by atoms with E-state index in [0.29, 0.717) is 16.6 Å². The molecule has 0 spiro atoms. The van der Waals surface area contributed by atoms with Gasteiger partial charge in [0.05, 0.1) is 5.56 Å². The number of pyridine rings is 1. The summed E-state index contributed by atoms with van der Waals surface area (Å²) in [7, 11) is 0. The Labute approximate surface area is 118 Å². The monoisotopic (exact) mass is 273 g/mol. The molecule has 4 heteroatoms. The molecule has 1 fully saturated rings. The van der Waals surface area contributed by atoms with Crippen molar-refractivity contribution in [3.8, 4) is 6.07 Å². The number of hydrogen-bond acceptors (Lipinski definition) is 3. The molecule has 0 unspecified atom stereocenters. The maximum absolute atomic E-state index is 9.02. The first-order chi connectivity index (χ1) is 9.28. The van der Waals surface area contributed by atoms with Crippen LogP contribution in [0.2, 0.25) is 5.15 Å². The van der Waals surface area contributed by atoms with Crippen molar-refractivity contribution in [3.05, 3.63) is 34.6 Å². The first-order valence-corrected chi connectivity index (χ1v) is 7.13. The van der Waals surface area contributed by atoms with Gasteiger partial charge in [-0.15, -0.1) is 0 Å². The summed E-state index contributed by atoms with van der Waals surface area (Å²) < 4.78 is 0. The summed E-state index contributed by atoms with van der Waals surface area (Å²) in [6.07, 6.45) is 7.74. The van der Waals surface area contributed by atoms with Gasteiger partial charge in [0.25, 0.3) is 0 Å². The number of hydrogen-bond donors (Lipinski definition) is 1. The van der Waals surface area contributed by atoms with Crippen LogP contribution in [0.4, 0.5) is 0 Å². The molecule has 0 amide bonds. The van der Waals surface area contributed by atoms with Crippen molar-refractivity contribution in [1.29, 1.82) is 5.26 Å². The van der Waals surface area contributed by atoms with E-state index in [4.69, 9.17) is 16.9 Å². The van der Waals surface area contributed by atoms with Gasteiger partial charge in [-0.2, -0.15) is 5.26 Å². The third-order valence-electron chi connectivity index (χ3n) is 4.21. The van der Waals surface area contributed by atoms with Crippen LogP contribution in [-0.2, 0) is 0 Å². The summed E-state index contributed by atoms with van der Waals surface area (Å²) in [4.78, 5) is 4.12. The first-order valence-electron chi connectivity index (χ1n) is 6.75. The van der Waals surface area contributed by atoms with Gasteiger partial charge in [-0.1, -0.05) is 17.7 Å². The molecule has 1 saturated heterocycles. The molecule has 0 radical (unpaired) electrons. The van der Waals surface area contributed by atoms with Crippen LogP contribution in [0, 0.1) is 23.2 Å². The van der Waals surface area contributed by atoms with Gasteiger partial charge in [0.2, 0.25) is 0 Å². The van der Waals surface area contributed by atoms with Crippen LogP contribution < -0.4 is 5.32 Å². The number of nitriles is 1. The number of nitrogens with zero attached hydrogens (tertiary/aromatic N) is 2. The minimum atomic E-state index is 0.292. The van der Waals surface area contributed by atoms with Crippen molar-refractivity contribution in [3.63, 3.8) is 0 Å². The van der Waals surface area contributed by atoms with E-state index in [9.17, 15) is 0 Å². The maximum Gasteiger partial charge on any atom is 0.146 e. The molecule has 2 atom stereocenters. The van der Waals surface area contributed by atoms with Crippen LogP contribution in [0.15, 0.2) is 18.3 Å². The number of fused-ring (bicyclic) bond motifs is 1. The molecule has 1 aromatic rings. The van der Waals surface area contributed by atoms with Crippen molar-refractivity contribution < 1.29 is 0 Å². The smallest absolute Gasteiger partial charge is 0.146 e. The van der Waals surface area contributed by atoms with Crippen molar-refractivity contribution in [2.24, 2.45) is 11.8 Å². The van der Waals surface area contributed by atoms with Crippen LogP contribution in [0.3, 0.4) is 0 Å². The Bertz CT molecular complexity index is 559. The highest BCUT2D eigenvalue weighted by molar-refractivity contribution is 6.30. The number of halogens is 1. The van der Waals surface area contributed by atoms with Crippen LogP contribution in [0.25, 0.3) is 5.57 Å². The van der Waals surface area contributed by atoms with E-state index in [1.54, 1.807) is 6.20 Å². The molecule has 0 saturated carbocycles. The lowest BCUT2D eigenvalue weighted by molar-refractivity contribution is 0.279. The summed E-state index contributed by atoms with van der Waals surface area (Å²) in [6, 6.07) is 3.96.